The molecule has 6 heteroatoms. The molecule has 0 aliphatic rings. The maximum atomic E-state index is 12.9. The number of carbonyl (C=O) groups excluding carboxylic acids is 1. The van der Waals surface area contributed by atoms with Gasteiger partial charge in [-0.15, -0.1) is 11.8 Å². The van der Waals surface area contributed by atoms with Crippen molar-refractivity contribution < 1.29 is 9.18 Å². The summed E-state index contributed by atoms with van der Waals surface area (Å²) in [6.45, 7) is 0. The molecule has 1 N–H and O–H groups in total. The predicted molar refractivity (Wildman–Crippen MR) is 87.4 cm³/mol. The van der Waals surface area contributed by atoms with Gasteiger partial charge in [-0.05, 0) is 29.8 Å². The first-order valence-corrected chi connectivity index (χ1v) is 7.94. The Hall–Kier alpha value is -2.03. The first kappa shape index (κ1) is 16.3. The highest BCUT2D eigenvalue weighted by atomic mass is 35.5. The molecule has 0 aliphatic heterocycles. The number of amides is 1. The van der Waals surface area contributed by atoms with Crippen LogP contribution in [0.25, 0.3) is 0 Å². The Kier molecular flexibility index (Phi) is 5.82. The zero-order valence-electron chi connectivity index (χ0n) is 11.5. The number of nitrogens with one attached hydrogen (secondary N) is 1. The summed E-state index contributed by atoms with van der Waals surface area (Å²) in [7, 11) is 0. The third-order valence-electron chi connectivity index (χ3n) is 2.83. The van der Waals surface area contributed by atoms with Gasteiger partial charge in [0.1, 0.15) is 5.82 Å². The molecule has 0 radical (unpaired) electrons. The number of thioether (sulfide) groups is 1. The summed E-state index contributed by atoms with van der Waals surface area (Å²) in [5, 5.41) is 11.8. The smallest absolute Gasteiger partial charge is 0.234 e. The molecule has 2 aromatic rings. The van der Waals surface area contributed by atoms with Gasteiger partial charge in [-0.1, -0.05) is 29.8 Å². The quantitative estimate of drug-likeness (QED) is 0.890. The molecule has 0 aromatic heterocycles. The maximum Gasteiger partial charge on any atom is 0.234 e. The lowest BCUT2D eigenvalue weighted by Crippen LogP contribution is -2.14. The number of carbonyl (C=O) groups is 1. The van der Waals surface area contributed by atoms with Gasteiger partial charge in [0.05, 0.1) is 28.1 Å². The lowest BCUT2D eigenvalue weighted by molar-refractivity contribution is -0.113. The molecule has 22 heavy (non-hydrogen) atoms. The predicted octanol–water partition coefficient (Wildman–Crippen LogP) is 4.22. The Bertz CT molecular complexity index is 730. The Balaban J connectivity index is 1.87. The third kappa shape index (κ3) is 4.48. The molecule has 0 bridgehead atoms. The molecular formula is C16H12ClFN2OS. The summed E-state index contributed by atoms with van der Waals surface area (Å²) in [5.41, 5.74) is 1.88. The number of benzene rings is 2. The second-order valence-corrected chi connectivity index (χ2v) is 5.83. The highest BCUT2D eigenvalue weighted by molar-refractivity contribution is 7.99. The van der Waals surface area contributed by atoms with Crippen LogP contribution in [-0.4, -0.2) is 11.7 Å². The van der Waals surface area contributed by atoms with Gasteiger partial charge in [0.25, 0.3) is 0 Å². The van der Waals surface area contributed by atoms with Crippen LogP contribution in [0.5, 0.6) is 0 Å². The monoisotopic (exact) mass is 334 g/mol. The molecule has 0 aliphatic carbocycles. The zero-order chi connectivity index (χ0) is 15.9. The number of anilines is 1. The fourth-order valence-corrected chi connectivity index (χ4v) is 2.83. The van der Waals surface area contributed by atoms with Gasteiger partial charge in [0.2, 0.25) is 5.91 Å². The zero-order valence-corrected chi connectivity index (χ0v) is 13.0. The van der Waals surface area contributed by atoms with Gasteiger partial charge in [-0.25, -0.2) is 4.39 Å². The molecule has 0 spiro atoms. The van der Waals surface area contributed by atoms with E-state index in [1.165, 1.54) is 23.9 Å². The van der Waals surface area contributed by atoms with Gasteiger partial charge in [0, 0.05) is 5.75 Å². The molecule has 0 saturated heterocycles. The van der Waals surface area contributed by atoms with E-state index in [4.69, 9.17) is 16.9 Å². The van der Waals surface area contributed by atoms with Crippen molar-refractivity contribution in [2.75, 3.05) is 11.1 Å². The number of nitriles is 1. The van der Waals surface area contributed by atoms with Crippen molar-refractivity contribution in [1.29, 1.82) is 5.26 Å². The van der Waals surface area contributed by atoms with E-state index in [2.05, 4.69) is 11.4 Å². The summed E-state index contributed by atoms with van der Waals surface area (Å²) in [6.07, 6.45) is 0. The molecular weight excluding hydrogens is 323 g/mol. The van der Waals surface area contributed by atoms with Gasteiger partial charge in [0.15, 0.2) is 0 Å². The van der Waals surface area contributed by atoms with E-state index in [0.717, 1.165) is 11.6 Å². The molecule has 0 heterocycles. The molecule has 0 unspecified atom stereocenters. The molecule has 112 valence electrons. The Morgan fingerprint density at radius 2 is 2.09 bits per heavy atom. The van der Waals surface area contributed by atoms with Crippen molar-refractivity contribution in [2.45, 2.75) is 5.75 Å². The SMILES string of the molecule is N#Cc1ccccc1CSCC(=O)Nc1ccc(F)cc1Cl. The van der Waals surface area contributed by atoms with Crippen LogP contribution in [0.2, 0.25) is 5.02 Å². The number of hydrogen-bond acceptors (Lipinski definition) is 3. The van der Waals surface area contributed by atoms with Gasteiger partial charge in [-0.2, -0.15) is 5.26 Å². The molecule has 1 amide bonds. The molecule has 0 saturated carbocycles. The van der Waals surface area contributed by atoms with E-state index >= 15 is 0 Å². The minimum atomic E-state index is -0.453. The van der Waals surface area contributed by atoms with Crippen molar-refractivity contribution in [1.82, 2.24) is 0 Å². The Morgan fingerprint density at radius 1 is 1.32 bits per heavy atom. The standard InChI is InChI=1S/C16H12ClFN2OS/c17-14-7-13(18)5-6-15(14)20-16(21)10-22-9-12-4-2-1-3-11(12)8-19/h1-7H,9-10H2,(H,20,21). The summed E-state index contributed by atoms with van der Waals surface area (Å²) in [6, 6.07) is 13.2. The molecule has 3 nitrogen and oxygen atoms in total. The number of nitrogens with zero attached hydrogens (tertiary/aromatic N) is 1. The first-order valence-electron chi connectivity index (χ1n) is 6.41. The van der Waals surface area contributed by atoms with Crippen molar-refractivity contribution in [2.24, 2.45) is 0 Å². The van der Waals surface area contributed by atoms with Gasteiger partial charge in [-0.3, -0.25) is 4.79 Å². The lowest BCUT2D eigenvalue weighted by atomic mass is 10.1. The first-order chi connectivity index (χ1) is 10.6. The van der Waals surface area contributed by atoms with E-state index in [0.29, 0.717) is 17.0 Å². The fourth-order valence-electron chi connectivity index (χ4n) is 1.79. The third-order valence-corrected chi connectivity index (χ3v) is 4.13. The summed E-state index contributed by atoms with van der Waals surface area (Å²) >= 11 is 7.24. The Labute approximate surface area is 137 Å². The molecule has 2 aromatic carbocycles. The minimum Gasteiger partial charge on any atom is -0.324 e. The molecule has 2 rings (SSSR count). The van der Waals surface area contributed by atoms with Crippen LogP contribution in [0.15, 0.2) is 42.5 Å². The van der Waals surface area contributed by atoms with Crippen LogP contribution in [0.3, 0.4) is 0 Å². The van der Waals surface area contributed by atoms with Crippen LogP contribution in [0.1, 0.15) is 11.1 Å². The average molecular weight is 335 g/mol. The summed E-state index contributed by atoms with van der Waals surface area (Å²) in [4.78, 5) is 11.8. The Morgan fingerprint density at radius 3 is 2.82 bits per heavy atom. The largest absolute Gasteiger partial charge is 0.324 e. The topological polar surface area (TPSA) is 52.9 Å². The second kappa shape index (κ2) is 7.83. The summed E-state index contributed by atoms with van der Waals surface area (Å²) in [5.74, 6) is 0.0975. The van der Waals surface area contributed by atoms with E-state index in [-0.39, 0.29) is 16.7 Å². The highest BCUT2D eigenvalue weighted by Crippen LogP contribution is 2.23. The van der Waals surface area contributed by atoms with Crippen molar-refractivity contribution in [3.05, 3.63) is 64.4 Å². The van der Waals surface area contributed by atoms with Gasteiger partial charge >= 0.3 is 0 Å². The van der Waals surface area contributed by atoms with E-state index in [1.54, 1.807) is 12.1 Å². The molecule has 0 fully saturated rings. The maximum absolute atomic E-state index is 12.9. The van der Waals surface area contributed by atoms with Crippen molar-refractivity contribution >= 4 is 35.0 Å². The normalized spacial score (nSPS) is 10.0. The highest BCUT2D eigenvalue weighted by Gasteiger charge is 2.08. The van der Waals surface area contributed by atoms with Crippen LogP contribution < -0.4 is 5.32 Å². The van der Waals surface area contributed by atoms with E-state index in [9.17, 15) is 9.18 Å². The van der Waals surface area contributed by atoms with Crippen LogP contribution in [0.4, 0.5) is 10.1 Å². The van der Waals surface area contributed by atoms with E-state index in [1.807, 2.05) is 12.1 Å². The number of halogens is 2. The van der Waals surface area contributed by atoms with Crippen molar-refractivity contribution in [3.8, 4) is 6.07 Å². The second-order valence-electron chi connectivity index (χ2n) is 4.43. The van der Waals surface area contributed by atoms with E-state index < -0.39 is 5.82 Å². The van der Waals surface area contributed by atoms with Crippen LogP contribution in [0, 0.1) is 17.1 Å². The minimum absolute atomic E-state index is 0.160. The fraction of sp³-hybridized carbons (Fsp3) is 0.125. The van der Waals surface area contributed by atoms with Crippen LogP contribution >= 0.6 is 23.4 Å². The van der Waals surface area contributed by atoms with Crippen LogP contribution in [-0.2, 0) is 10.5 Å². The average Bonchev–Trinajstić information content (AvgIpc) is 2.50. The van der Waals surface area contributed by atoms with Gasteiger partial charge < -0.3 is 5.32 Å². The number of rotatable bonds is 5. The molecule has 0 atom stereocenters. The lowest BCUT2D eigenvalue weighted by Gasteiger charge is -2.07. The summed E-state index contributed by atoms with van der Waals surface area (Å²) < 4.78 is 12.9. The van der Waals surface area contributed by atoms with Crippen molar-refractivity contribution in [3.63, 3.8) is 0 Å². The number of hydrogen-bond donors (Lipinski definition) is 1.